The van der Waals surface area contributed by atoms with Crippen LogP contribution in [0.5, 0.6) is 0 Å². The van der Waals surface area contributed by atoms with Crippen molar-refractivity contribution in [2.45, 2.75) is 13.3 Å². The highest BCUT2D eigenvalue weighted by Crippen LogP contribution is 2.17. The van der Waals surface area contributed by atoms with Crippen molar-refractivity contribution in [3.05, 3.63) is 12.2 Å². The van der Waals surface area contributed by atoms with Crippen molar-refractivity contribution in [1.82, 2.24) is 5.32 Å². The van der Waals surface area contributed by atoms with E-state index in [4.69, 9.17) is 0 Å². The van der Waals surface area contributed by atoms with Gasteiger partial charge in [-0.1, -0.05) is 12.2 Å². The van der Waals surface area contributed by atoms with Gasteiger partial charge >= 0.3 is 0 Å². The third kappa shape index (κ3) is 3.91. The maximum Gasteiger partial charge on any atom is 0.150 e. The van der Waals surface area contributed by atoms with Gasteiger partial charge in [-0.2, -0.15) is 0 Å². The highest BCUT2D eigenvalue weighted by molar-refractivity contribution is 7.91. The fourth-order valence-corrected chi connectivity index (χ4v) is 3.38. The van der Waals surface area contributed by atoms with E-state index in [-0.39, 0.29) is 0 Å². The van der Waals surface area contributed by atoms with E-state index < -0.39 is 9.84 Å². The maximum atomic E-state index is 11.1. The number of rotatable bonds is 4. The van der Waals surface area contributed by atoms with E-state index in [0.717, 1.165) is 25.1 Å². The highest BCUT2D eigenvalue weighted by Gasteiger charge is 2.27. The van der Waals surface area contributed by atoms with Crippen LogP contribution in [0.4, 0.5) is 0 Å². The lowest BCUT2D eigenvalue weighted by Gasteiger charge is -2.08. The number of nitrogens with one attached hydrogen (secondary N) is 1. The van der Waals surface area contributed by atoms with E-state index in [2.05, 4.69) is 11.9 Å². The summed E-state index contributed by atoms with van der Waals surface area (Å²) in [4.78, 5) is 0. The van der Waals surface area contributed by atoms with Gasteiger partial charge in [0.05, 0.1) is 11.5 Å². The minimum absolute atomic E-state index is 0.310. The summed E-state index contributed by atoms with van der Waals surface area (Å²) in [5.41, 5.74) is 1.08. The molecule has 0 aromatic heterocycles. The molecule has 4 heteroatoms. The van der Waals surface area contributed by atoms with Crippen LogP contribution in [0, 0.1) is 5.92 Å². The summed E-state index contributed by atoms with van der Waals surface area (Å²) in [5.74, 6) is 1.03. The van der Waals surface area contributed by atoms with Gasteiger partial charge < -0.3 is 5.32 Å². The van der Waals surface area contributed by atoms with E-state index in [1.807, 2.05) is 6.92 Å². The van der Waals surface area contributed by atoms with Crippen LogP contribution in [0.15, 0.2) is 12.2 Å². The van der Waals surface area contributed by atoms with E-state index in [0.29, 0.717) is 17.4 Å². The third-order valence-electron chi connectivity index (χ3n) is 2.19. The summed E-state index contributed by atoms with van der Waals surface area (Å²) >= 11 is 0. The van der Waals surface area contributed by atoms with Gasteiger partial charge in [0.15, 0.2) is 9.84 Å². The molecule has 0 aromatic rings. The molecule has 13 heavy (non-hydrogen) atoms. The van der Waals surface area contributed by atoms with Gasteiger partial charge in [0.2, 0.25) is 0 Å². The molecule has 1 fully saturated rings. The van der Waals surface area contributed by atoms with Crippen molar-refractivity contribution in [2.24, 2.45) is 5.92 Å². The molecule has 0 aromatic carbocycles. The van der Waals surface area contributed by atoms with Crippen LogP contribution in [-0.4, -0.2) is 33.0 Å². The average Bonchev–Trinajstić information content (AvgIpc) is 2.29. The van der Waals surface area contributed by atoms with Crippen LogP contribution in [0.25, 0.3) is 0 Å². The predicted molar refractivity (Wildman–Crippen MR) is 54.4 cm³/mol. The Morgan fingerprint density at radius 2 is 2.31 bits per heavy atom. The predicted octanol–water partition coefficient (Wildman–Crippen LogP) is 0.587. The van der Waals surface area contributed by atoms with Crippen molar-refractivity contribution in [1.29, 1.82) is 0 Å². The van der Waals surface area contributed by atoms with Gasteiger partial charge in [-0.25, -0.2) is 8.42 Å². The van der Waals surface area contributed by atoms with Crippen molar-refractivity contribution in [2.75, 3.05) is 24.6 Å². The molecule has 1 unspecified atom stereocenters. The second-order valence-corrected chi connectivity index (χ2v) is 6.09. The summed E-state index contributed by atoms with van der Waals surface area (Å²) in [7, 11) is -2.71. The summed E-state index contributed by atoms with van der Waals surface area (Å²) in [6, 6.07) is 0. The monoisotopic (exact) mass is 203 g/mol. The third-order valence-corrected chi connectivity index (χ3v) is 4.02. The average molecular weight is 203 g/mol. The first-order valence-electron chi connectivity index (χ1n) is 4.55. The molecule has 0 bridgehead atoms. The summed E-state index contributed by atoms with van der Waals surface area (Å²) in [6.07, 6.45) is 0.811. The molecule has 1 atom stereocenters. The molecule has 0 amide bonds. The zero-order chi connectivity index (χ0) is 9.90. The molecular weight excluding hydrogens is 186 g/mol. The first kappa shape index (κ1) is 10.7. The first-order chi connectivity index (χ1) is 5.99. The summed E-state index contributed by atoms with van der Waals surface area (Å²) < 4.78 is 22.2. The minimum atomic E-state index is -2.71. The van der Waals surface area contributed by atoms with Crippen molar-refractivity contribution >= 4 is 9.84 Å². The van der Waals surface area contributed by atoms with Crippen LogP contribution in [0.3, 0.4) is 0 Å². The lowest BCUT2D eigenvalue weighted by molar-refractivity contribution is 0.536. The fourth-order valence-electron chi connectivity index (χ4n) is 1.52. The summed E-state index contributed by atoms with van der Waals surface area (Å²) in [5, 5.41) is 3.20. The van der Waals surface area contributed by atoms with Crippen LogP contribution in [-0.2, 0) is 9.84 Å². The molecule has 0 saturated carbocycles. The van der Waals surface area contributed by atoms with Gasteiger partial charge in [0.25, 0.3) is 0 Å². The molecule has 0 radical (unpaired) electrons. The van der Waals surface area contributed by atoms with E-state index in [1.165, 1.54) is 0 Å². The van der Waals surface area contributed by atoms with Crippen LogP contribution >= 0.6 is 0 Å². The normalized spacial score (nSPS) is 26.1. The number of sulfone groups is 1. The lowest BCUT2D eigenvalue weighted by Crippen LogP contribution is -2.24. The van der Waals surface area contributed by atoms with Gasteiger partial charge in [-0.05, 0) is 25.8 Å². The Hall–Kier alpha value is -0.350. The van der Waals surface area contributed by atoms with Crippen molar-refractivity contribution in [3.63, 3.8) is 0 Å². The smallest absolute Gasteiger partial charge is 0.150 e. The Morgan fingerprint density at radius 1 is 1.62 bits per heavy atom. The Kier molecular flexibility index (Phi) is 3.50. The van der Waals surface area contributed by atoms with E-state index in [1.54, 1.807) is 0 Å². The molecule has 1 heterocycles. The first-order valence-corrected chi connectivity index (χ1v) is 6.37. The zero-order valence-electron chi connectivity index (χ0n) is 8.04. The molecule has 1 rings (SSSR count). The van der Waals surface area contributed by atoms with Gasteiger partial charge in [-0.3, -0.25) is 0 Å². The van der Waals surface area contributed by atoms with Gasteiger partial charge in [0.1, 0.15) is 0 Å². The standard InChI is InChI=1S/C9H17NO2S/c1-8(2)5-10-6-9-3-4-13(11,12)7-9/h9-10H,1,3-7H2,2H3. The molecule has 0 aliphatic carbocycles. The zero-order valence-corrected chi connectivity index (χ0v) is 8.86. The molecule has 0 spiro atoms. The minimum Gasteiger partial charge on any atom is -0.313 e. The number of hydrogen-bond donors (Lipinski definition) is 1. The second kappa shape index (κ2) is 4.24. The largest absolute Gasteiger partial charge is 0.313 e. The highest BCUT2D eigenvalue weighted by atomic mass is 32.2. The van der Waals surface area contributed by atoms with Gasteiger partial charge in [-0.15, -0.1) is 0 Å². The molecule has 1 N–H and O–H groups in total. The quantitative estimate of drug-likeness (QED) is 0.680. The SMILES string of the molecule is C=C(C)CNCC1CCS(=O)(=O)C1. The fraction of sp³-hybridized carbons (Fsp3) is 0.778. The molecule has 1 aliphatic rings. The molecule has 1 aliphatic heterocycles. The summed E-state index contributed by atoms with van der Waals surface area (Å²) in [6.45, 7) is 7.31. The van der Waals surface area contributed by atoms with E-state index in [9.17, 15) is 8.42 Å². The number of hydrogen-bond acceptors (Lipinski definition) is 3. The van der Waals surface area contributed by atoms with Crippen LogP contribution in [0.2, 0.25) is 0 Å². The Bertz CT molecular complexity index is 282. The van der Waals surface area contributed by atoms with Crippen LogP contribution in [0.1, 0.15) is 13.3 Å². The molecular formula is C9H17NO2S. The second-order valence-electron chi connectivity index (χ2n) is 3.86. The molecule has 3 nitrogen and oxygen atoms in total. The molecule has 76 valence electrons. The molecule has 1 saturated heterocycles. The Morgan fingerprint density at radius 3 is 2.77 bits per heavy atom. The van der Waals surface area contributed by atoms with Crippen molar-refractivity contribution < 1.29 is 8.42 Å². The van der Waals surface area contributed by atoms with Gasteiger partial charge in [0, 0.05) is 6.54 Å². The Balaban J connectivity index is 2.22. The topological polar surface area (TPSA) is 46.2 Å². The lowest BCUT2D eigenvalue weighted by atomic mass is 10.1. The Labute approximate surface area is 80.1 Å². The van der Waals surface area contributed by atoms with Crippen molar-refractivity contribution in [3.8, 4) is 0 Å². The van der Waals surface area contributed by atoms with E-state index >= 15 is 0 Å². The van der Waals surface area contributed by atoms with Crippen LogP contribution < -0.4 is 5.32 Å². The maximum absolute atomic E-state index is 11.1.